The van der Waals surface area contributed by atoms with Crippen LogP contribution in [0.5, 0.6) is 5.75 Å². The summed E-state index contributed by atoms with van der Waals surface area (Å²) >= 11 is 3.53. The van der Waals surface area contributed by atoms with Crippen molar-refractivity contribution < 1.29 is 9.53 Å². The molecule has 0 saturated heterocycles. The van der Waals surface area contributed by atoms with Crippen LogP contribution in [0.1, 0.15) is 26.3 Å². The van der Waals surface area contributed by atoms with Gasteiger partial charge in [-0.05, 0) is 75.4 Å². The molecule has 0 atom stereocenters. The highest BCUT2D eigenvalue weighted by Gasteiger charge is 2.15. The monoisotopic (exact) mass is 452 g/mol. The predicted octanol–water partition coefficient (Wildman–Crippen LogP) is 6.51. The Balaban J connectivity index is 1.53. The Labute approximate surface area is 180 Å². The Morgan fingerprint density at radius 1 is 0.897 bits per heavy atom. The van der Waals surface area contributed by atoms with E-state index in [1.54, 1.807) is 0 Å². The van der Waals surface area contributed by atoms with E-state index in [1.807, 2.05) is 72.8 Å². The van der Waals surface area contributed by atoms with Gasteiger partial charge in [0.15, 0.2) is 6.61 Å². The zero-order valence-electron chi connectivity index (χ0n) is 16.8. The minimum Gasteiger partial charge on any atom is -0.483 e. The van der Waals surface area contributed by atoms with Gasteiger partial charge < -0.3 is 15.4 Å². The Hall–Kier alpha value is -2.79. The van der Waals surface area contributed by atoms with Crippen LogP contribution in [0.4, 0.5) is 17.1 Å². The zero-order valence-corrected chi connectivity index (χ0v) is 18.4. The summed E-state index contributed by atoms with van der Waals surface area (Å²) in [6, 6.07) is 23.4. The standard InChI is InChI=1S/C24H25BrN2O2/c1-24(2,3)17-9-14-22(21(25)15-17)29-16-23(28)27-20-12-10-19(11-13-20)26-18-7-5-4-6-8-18/h4-15,26H,16H2,1-3H3,(H,27,28). The molecule has 0 aromatic heterocycles. The van der Waals surface area contributed by atoms with Gasteiger partial charge in [0.1, 0.15) is 5.75 Å². The second-order valence-electron chi connectivity index (χ2n) is 7.80. The molecule has 0 radical (unpaired) electrons. The molecular formula is C24H25BrN2O2. The topological polar surface area (TPSA) is 50.4 Å². The summed E-state index contributed by atoms with van der Waals surface area (Å²) < 4.78 is 6.51. The lowest BCUT2D eigenvalue weighted by atomic mass is 9.87. The van der Waals surface area contributed by atoms with Gasteiger partial charge in [-0.15, -0.1) is 0 Å². The number of ether oxygens (including phenoxy) is 1. The molecule has 150 valence electrons. The van der Waals surface area contributed by atoms with Crippen molar-refractivity contribution in [2.45, 2.75) is 26.2 Å². The average Bonchev–Trinajstić information content (AvgIpc) is 2.68. The molecule has 2 N–H and O–H groups in total. The number of carbonyl (C=O) groups excluding carboxylic acids is 1. The van der Waals surface area contributed by atoms with Crippen LogP contribution in [0.25, 0.3) is 0 Å². The minimum atomic E-state index is -0.208. The van der Waals surface area contributed by atoms with E-state index in [0.717, 1.165) is 21.5 Å². The van der Waals surface area contributed by atoms with Gasteiger partial charge in [-0.2, -0.15) is 0 Å². The van der Waals surface area contributed by atoms with Gasteiger partial charge in [-0.1, -0.05) is 45.0 Å². The molecule has 1 amide bonds. The van der Waals surface area contributed by atoms with Crippen molar-refractivity contribution in [1.29, 1.82) is 0 Å². The maximum atomic E-state index is 12.2. The second-order valence-corrected chi connectivity index (χ2v) is 8.65. The molecule has 0 spiro atoms. The van der Waals surface area contributed by atoms with E-state index in [9.17, 15) is 4.79 Å². The van der Waals surface area contributed by atoms with Gasteiger partial charge in [-0.3, -0.25) is 4.79 Å². The molecule has 29 heavy (non-hydrogen) atoms. The van der Waals surface area contributed by atoms with Gasteiger partial charge in [0.05, 0.1) is 4.47 Å². The van der Waals surface area contributed by atoms with E-state index in [-0.39, 0.29) is 17.9 Å². The Kier molecular flexibility index (Phi) is 6.60. The Morgan fingerprint density at radius 2 is 1.52 bits per heavy atom. The molecule has 3 aromatic rings. The summed E-state index contributed by atoms with van der Waals surface area (Å²) in [5.74, 6) is 0.441. The van der Waals surface area contributed by atoms with Crippen molar-refractivity contribution in [3.05, 3.63) is 82.8 Å². The molecule has 0 saturated carbocycles. The highest BCUT2D eigenvalue weighted by Crippen LogP contribution is 2.31. The largest absolute Gasteiger partial charge is 0.483 e. The van der Waals surface area contributed by atoms with E-state index >= 15 is 0 Å². The number of rotatable bonds is 6. The van der Waals surface area contributed by atoms with Gasteiger partial charge in [-0.25, -0.2) is 0 Å². The third-order valence-electron chi connectivity index (χ3n) is 4.39. The molecule has 0 fully saturated rings. The lowest BCUT2D eigenvalue weighted by Crippen LogP contribution is -2.20. The molecule has 0 heterocycles. The summed E-state index contributed by atoms with van der Waals surface area (Å²) in [6.45, 7) is 6.41. The lowest BCUT2D eigenvalue weighted by molar-refractivity contribution is -0.118. The fourth-order valence-electron chi connectivity index (χ4n) is 2.75. The van der Waals surface area contributed by atoms with Crippen LogP contribution in [0, 0.1) is 0 Å². The normalized spacial score (nSPS) is 11.0. The first-order valence-corrected chi connectivity index (χ1v) is 10.3. The number of halogens is 1. The number of para-hydroxylation sites is 1. The molecule has 0 aliphatic carbocycles. The maximum absolute atomic E-state index is 12.2. The van der Waals surface area contributed by atoms with Gasteiger partial charge >= 0.3 is 0 Å². The zero-order chi connectivity index (χ0) is 20.9. The number of benzene rings is 3. The predicted molar refractivity (Wildman–Crippen MR) is 123 cm³/mol. The van der Waals surface area contributed by atoms with Crippen molar-refractivity contribution in [1.82, 2.24) is 0 Å². The number of amides is 1. The van der Waals surface area contributed by atoms with Crippen LogP contribution in [-0.4, -0.2) is 12.5 Å². The molecule has 0 aliphatic heterocycles. The van der Waals surface area contributed by atoms with E-state index in [0.29, 0.717) is 5.75 Å². The van der Waals surface area contributed by atoms with E-state index in [1.165, 1.54) is 5.56 Å². The molecule has 0 bridgehead atoms. The number of nitrogens with one attached hydrogen (secondary N) is 2. The third-order valence-corrected chi connectivity index (χ3v) is 5.01. The molecule has 0 unspecified atom stereocenters. The molecule has 5 heteroatoms. The highest BCUT2D eigenvalue weighted by molar-refractivity contribution is 9.10. The minimum absolute atomic E-state index is 0.0555. The lowest BCUT2D eigenvalue weighted by Gasteiger charge is -2.20. The third kappa shape index (κ3) is 6.09. The first-order chi connectivity index (χ1) is 13.8. The van der Waals surface area contributed by atoms with Crippen LogP contribution in [0.15, 0.2) is 77.3 Å². The smallest absolute Gasteiger partial charge is 0.262 e. The molecule has 3 rings (SSSR count). The number of hydrogen-bond acceptors (Lipinski definition) is 3. The Morgan fingerprint density at radius 3 is 2.14 bits per heavy atom. The molecule has 4 nitrogen and oxygen atoms in total. The van der Waals surface area contributed by atoms with Crippen molar-refractivity contribution in [3.8, 4) is 5.75 Å². The van der Waals surface area contributed by atoms with Crippen molar-refractivity contribution in [3.63, 3.8) is 0 Å². The highest BCUT2D eigenvalue weighted by atomic mass is 79.9. The van der Waals surface area contributed by atoms with Gasteiger partial charge in [0, 0.05) is 17.1 Å². The fraction of sp³-hybridized carbons (Fsp3) is 0.208. The number of carbonyl (C=O) groups is 1. The SMILES string of the molecule is CC(C)(C)c1ccc(OCC(=O)Nc2ccc(Nc3ccccc3)cc2)c(Br)c1. The van der Waals surface area contributed by atoms with Crippen LogP contribution in [-0.2, 0) is 10.2 Å². The molecular weight excluding hydrogens is 428 g/mol. The van der Waals surface area contributed by atoms with E-state index in [2.05, 4.69) is 47.3 Å². The van der Waals surface area contributed by atoms with E-state index in [4.69, 9.17) is 4.74 Å². The van der Waals surface area contributed by atoms with Crippen molar-refractivity contribution >= 4 is 38.9 Å². The first kappa shape index (κ1) is 20.9. The molecule has 0 aliphatic rings. The summed E-state index contributed by atoms with van der Waals surface area (Å²) in [7, 11) is 0. The van der Waals surface area contributed by atoms with Crippen LogP contribution >= 0.6 is 15.9 Å². The van der Waals surface area contributed by atoms with Crippen LogP contribution in [0.3, 0.4) is 0 Å². The summed E-state index contributed by atoms with van der Waals surface area (Å²) in [5, 5.41) is 6.16. The number of anilines is 3. The summed E-state index contributed by atoms with van der Waals surface area (Å²) in [5.41, 5.74) is 3.94. The summed E-state index contributed by atoms with van der Waals surface area (Å²) in [6.07, 6.45) is 0. The van der Waals surface area contributed by atoms with E-state index < -0.39 is 0 Å². The first-order valence-electron chi connectivity index (χ1n) is 9.46. The van der Waals surface area contributed by atoms with Gasteiger partial charge in [0.25, 0.3) is 5.91 Å². The van der Waals surface area contributed by atoms with Gasteiger partial charge in [0.2, 0.25) is 0 Å². The molecule has 3 aromatic carbocycles. The Bertz CT molecular complexity index is 964. The fourth-order valence-corrected chi connectivity index (χ4v) is 3.24. The second kappa shape index (κ2) is 9.14. The summed E-state index contributed by atoms with van der Waals surface area (Å²) in [4.78, 5) is 12.2. The van der Waals surface area contributed by atoms with Crippen molar-refractivity contribution in [2.24, 2.45) is 0 Å². The maximum Gasteiger partial charge on any atom is 0.262 e. The quantitative estimate of drug-likeness (QED) is 0.448. The average molecular weight is 453 g/mol. The van der Waals surface area contributed by atoms with Crippen LogP contribution < -0.4 is 15.4 Å². The van der Waals surface area contributed by atoms with Crippen molar-refractivity contribution in [2.75, 3.05) is 17.2 Å². The van der Waals surface area contributed by atoms with Crippen LogP contribution in [0.2, 0.25) is 0 Å². The number of hydrogen-bond donors (Lipinski definition) is 2.